The van der Waals surface area contributed by atoms with E-state index in [1.807, 2.05) is 18.2 Å². The largest absolute Gasteiger partial charge is 0.497 e. The number of rotatable bonds is 2. The second kappa shape index (κ2) is 3.41. The van der Waals surface area contributed by atoms with E-state index >= 15 is 0 Å². The third-order valence-corrected chi connectivity index (χ3v) is 2.01. The predicted molar refractivity (Wildman–Crippen MR) is 53.1 cm³/mol. The van der Waals surface area contributed by atoms with Crippen molar-refractivity contribution in [3.8, 4) is 5.75 Å². The van der Waals surface area contributed by atoms with Crippen LogP contribution >= 0.6 is 0 Å². The van der Waals surface area contributed by atoms with Gasteiger partial charge in [-0.25, -0.2) is 5.53 Å². The van der Waals surface area contributed by atoms with Gasteiger partial charge in [-0.15, -0.1) is 0 Å². The number of nitrogens with one attached hydrogen (secondary N) is 1. The van der Waals surface area contributed by atoms with E-state index in [4.69, 9.17) is 10.3 Å². The Morgan fingerprint density at radius 3 is 3.00 bits per heavy atom. The van der Waals surface area contributed by atoms with E-state index in [1.54, 1.807) is 19.4 Å². The van der Waals surface area contributed by atoms with E-state index < -0.39 is 0 Å². The molecule has 0 atom stereocenters. The van der Waals surface area contributed by atoms with Crippen LogP contribution in [0.15, 0.2) is 35.6 Å². The number of fused-ring (bicyclic) bond motifs is 1. The van der Waals surface area contributed by atoms with E-state index in [-0.39, 0.29) is 0 Å². The maximum atomic E-state index is 7.03. The van der Waals surface area contributed by atoms with Gasteiger partial charge in [-0.2, -0.15) is 5.11 Å². The van der Waals surface area contributed by atoms with E-state index in [1.165, 1.54) is 0 Å². The molecular weight excluding hydrogens is 178 g/mol. The molecular formula is C10H9N3O. The van der Waals surface area contributed by atoms with Crippen LogP contribution < -0.4 is 4.74 Å². The van der Waals surface area contributed by atoms with E-state index in [2.05, 4.69) is 10.1 Å². The van der Waals surface area contributed by atoms with Crippen molar-refractivity contribution in [2.75, 3.05) is 7.11 Å². The van der Waals surface area contributed by atoms with Crippen LogP contribution in [0, 0.1) is 5.53 Å². The summed E-state index contributed by atoms with van der Waals surface area (Å²) in [6.45, 7) is 0. The van der Waals surface area contributed by atoms with Crippen LogP contribution in [0.4, 0.5) is 5.69 Å². The average Bonchev–Trinajstić information content (AvgIpc) is 2.27. The molecule has 0 bridgehead atoms. The molecule has 0 unspecified atom stereocenters. The topological polar surface area (TPSA) is 58.3 Å². The first-order valence-electron chi connectivity index (χ1n) is 4.15. The molecule has 0 saturated heterocycles. The van der Waals surface area contributed by atoms with Crippen LogP contribution in [0.2, 0.25) is 0 Å². The highest BCUT2D eigenvalue weighted by Gasteiger charge is 2.03. The summed E-state index contributed by atoms with van der Waals surface area (Å²) in [5, 5.41) is 4.34. The van der Waals surface area contributed by atoms with Gasteiger partial charge in [-0.1, -0.05) is 6.07 Å². The smallest absolute Gasteiger partial charge is 0.121 e. The maximum absolute atomic E-state index is 7.03. The van der Waals surface area contributed by atoms with Gasteiger partial charge < -0.3 is 4.74 Å². The molecule has 0 aliphatic heterocycles. The monoisotopic (exact) mass is 187 g/mol. The molecule has 0 aliphatic rings. The van der Waals surface area contributed by atoms with Gasteiger partial charge in [0.25, 0.3) is 0 Å². The molecule has 2 rings (SSSR count). The zero-order chi connectivity index (χ0) is 9.97. The standard InChI is InChI=1S/C10H9N3O/c1-14-8-5-7-3-2-4-12-10(7)9(6-8)13-11/h2-6,11H,1H3. The molecule has 0 amide bonds. The third kappa shape index (κ3) is 1.31. The Morgan fingerprint density at radius 2 is 2.29 bits per heavy atom. The lowest BCUT2D eigenvalue weighted by Crippen LogP contribution is -1.84. The molecule has 2 aromatic rings. The molecule has 1 aromatic heterocycles. The van der Waals surface area contributed by atoms with Crippen molar-refractivity contribution in [1.29, 1.82) is 5.53 Å². The number of methoxy groups -OCH3 is 1. The third-order valence-electron chi connectivity index (χ3n) is 2.01. The predicted octanol–water partition coefficient (Wildman–Crippen LogP) is 2.91. The fourth-order valence-electron chi connectivity index (χ4n) is 1.35. The van der Waals surface area contributed by atoms with Crippen LogP contribution in [0.5, 0.6) is 5.75 Å². The molecule has 14 heavy (non-hydrogen) atoms. The molecule has 0 radical (unpaired) electrons. The Labute approximate surface area is 81.0 Å². The number of hydrogen-bond donors (Lipinski definition) is 1. The van der Waals surface area contributed by atoms with E-state index in [0.29, 0.717) is 11.4 Å². The Hall–Kier alpha value is -1.97. The van der Waals surface area contributed by atoms with Crippen LogP contribution in [-0.2, 0) is 0 Å². The molecule has 0 fully saturated rings. The molecule has 0 aliphatic carbocycles. The lowest BCUT2D eigenvalue weighted by Gasteiger charge is -2.03. The van der Waals surface area contributed by atoms with Gasteiger partial charge in [0.15, 0.2) is 0 Å². The van der Waals surface area contributed by atoms with Crippen molar-refractivity contribution < 1.29 is 4.74 Å². The minimum absolute atomic E-state index is 0.528. The first kappa shape index (κ1) is 8.62. The second-order valence-electron chi connectivity index (χ2n) is 2.83. The zero-order valence-electron chi connectivity index (χ0n) is 7.69. The summed E-state index contributed by atoms with van der Waals surface area (Å²) in [7, 11) is 1.59. The quantitative estimate of drug-likeness (QED) is 0.735. The molecule has 4 heteroatoms. The zero-order valence-corrected chi connectivity index (χ0v) is 7.69. The fraction of sp³-hybridized carbons (Fsp3) is 0.100. The van der Waals surface area contributed by atoms with Gasteiger partial charge >= 0.3 is 0 Å². The van der Waals surface area contributed by atoms with Gasteiger partial charge in [-0.3, -0.25) is 4.98 Å². The van der Waals surface area contributed by atoms with Gasteiger partial charge in [0.2, 0.25) is 0 Å². The molecule has 1 N–H and O–H groups in total. The normalized spacial score (nSPS) is 10.1. The van der Waals surface area contributed by atoms with Crippen LogP contribution in [0.3, 0.4) is 0 Å². The molecule has 1 aromatic carbocycles. The molecule has 4 nitrogen and oxygen atoms in total. The minimum atomic E-state index is 0.528. The van der Waals surface area contributed by atoms with E-state index in [0.717, 1.165) is 10.9 Å². The summed E-state index contributed by atoms with van der Waals surface area (Å²) in [6, 6.07) is 7.33. The lowest BCUT2D eigenvalue weighted by atomic mass is 10.2. The van der Waals surface area contributed by atoms with Crippen molar-refractivity contribution in [2.45, 2.75) is 0 Å². The number of hydrogen-bond acceptors (Lipinski definition) is 4. The first-order valence-corrected chi connectivity index (χ1v) is 4.15. The molecule has 0 saturated carbocycles. The van der Waals surface area contributed by atoms with Crippen LogP contribution in [0.1, 0.15) is 0 Å². The van der Waals surface area contributed by atoms with Crippen molar-refractivity contribution >= 4 is 16.6 Å². The summed E-state index contributed by atoms with van der Waals surface area (Å²) >= 11 is 0. The average molecular weight is 187 g/mol. The number of benzene rings is 1. The number of pyridine rings is 1. The Morgan fingerprint density at radius 1 is 1.43 bits per heavy atom. The van der Waals surface area contributed by atoms with Crippen molar-refractivity contribution in [2.24, 2.45) is 5.11 Å². The van der Waals surface area contributed by atoms with Gasteiger partial charge in [0.05, 0.1) is 12.6 Å². The second-order valence-corrected chi connectivity index (χ2v) is 2.83. The minimum Gasteiger partial charge on any atom is -0.497 e. The van der Waals surface area contributed by atoms with Crippen LogP contribution in [-0.4, -0.2) is 12.1 Å². The highest BCUT2D eigenvalue weighted by atomic mass is 16.5. The Balaban J connectivity index is 2.79. The summed E-state index contributed by atoms with van der Waals surface area (Å²) in [5.41, 5.74) is 8.28. The highest BCUT2D eigenvalue weighted by molar-refractivity contribution is 5.90. The van der Waals surface area contributed by atoms with Gasteiger partial charge in [0.1, 0.15) is 11.4 Å². The molecule has 70 valence electrons. The maximum Gasteiger partial charge on any atom is 0.121 e. The summed E-state index contributed by atoms with van der Waals surface area (Å²) in [4.78, 5) is 4.16. The number of aromatic nitrogens is 1. The highest BCUT2D eigenvalue weighted by Crippen LogP contribution is 2.29. The van der Waals surface area contributed by atoms with Crippen LogP contribution in [0.25, 0.3) is 10.9 Å². The first-order chi connectivity index (χ1) is 6.85. The summed E-state index contributed by atoms with van der Waals surface area (Å²) < 4.78 is 5.09. The lowest BCUT2D eigenvalue weighted by molar-refractivity contribution is 0.415. The number of nitrogens with zero attached hydrogens (tertiary/aromatic N) is 2. The van der Waals surface area contributed by atoms with Gasteiger partial charge in [-0.05, 0) is 12.1 Å². The van der Waals surface area contributed by atoms with Crippen molar-refractivity contribution in [1.82, 2.24) is 4.98 Å². The summed E-state index contributed by atoms with van der Waals surface area (Å²) in [6.07, 6.45) is 1.68. The molecule has 0 spiro atoms. The van der Waals surface area contributed by atoms with Crippen molar-refractivity contribution in [3.63, 3.8) is 0 Å². The van der Waals surface area contributed by atoms with E-state index in [9.17, 15) is 0 Å². The van der Waals surface area contributed by atoms with Crippen molar-refractivity contribution in [3.05, 3.63) is 30.5 Å². The Kier molecular flexibility index (Phi) is 2.10. The Bertz CT molecular complexity index is 482. The SMILES string of the molecule is COc1cc(N=N)c2ncccc2c1. The number of ether oxygens (including phenoxy) is 1. The molecule has 1 heterocycles. The fourth-order valence-corrected chi connectivity index (χ4v) is 1.35. The van der Waals surface area contributed by atoms with Gasteiger partial charge in [0, 0.05) is 17.6 Å². The summed E-state index contributed by atoms with van der Waals surface area (Å²) in [5.74, 6) is 0.691.